The van der Waals surface area contributed by atoms with Crippen LogP contribution >= 0.6 is 0 Å². The first-order valence-corrected chi connectivity index (χ1v) is 8.71. The predicted molar refractivity (Wildman–Crippen MR) is 99.9 cm³/mol. The molecule has 0 N–H and O–H groups in total. The van der Waals surface area contributed by atoms with Crippen molar-refractivity contribution in [2.45, 2.75) is 34.1 Å². The molecule has 5 nitrogen and oxygen atoms in total. The van der Waals surface area contributed by atoms with E-state index in [2.05, 4.69) is 31.8 Å². The van der Waals surface area contributed by atoms with Crippen molar-refractivity contribution in [2.24, 2.45) is 5.41 Å². The number of nitrogens with zero attached hydrogens (tertiary/aromatic N) is 2. The fourth-order valence-electron chi connectivity index (χ4n) is 2.27. The highest BCUT2D eigenvalue weighted by Crippen LogP contribution is 2.29. The number of hydrogen-bond donors (Lipinski definition) is 0. The molecule has 0 aliphatic heterocycles. The van der Waals surface area contributed by atoms with Gasteiger partial charge in [-0.25, -0.2) is 4.79 Å². The Bertz CT molecular complexity index is 822. The number of esters is 1. The van der Waals surface area contributed by atoms with Gasteiger partial charge in [0.1, 0.15) is 11.8 Å². The number of rotatable bonds is 7. The van der Waals surface area contributed by atoms with Gasteiger partial charge in [-0.3, -0.25) is 4.98 Å². The van der Waals surface area contributed by atoms with Crippen LogP contribution in [0, 0.1) is 16.7 Å². The summed E-state index contributed by atoms with van der Waals surface area (Å²) >= 11 is 0. The standard InChI is InChI=1S/C21H24N2O3/c1-5-21(3,4)14-26-18-10-9-15(12-16(18)13-22)19-17(8-7-11-23-19)20(24)25-6-2/h7-12H,5-6,14H2,1-4H3. The summed E-state index contributed by atoms with van der Waals surface area (Å²) in [5, 5.41) is 9.50. The van der Waals surface area contributed by atoms with Crippen molar-refractivity contribution in [1.29, 1.82) is 5.26 Å². The van der Waals surface area contributed by atoms with E-state index in [1.54, 1.807) is 43.5 Å². The third kappa shape index (κ3) is 4.60. The second kappa shape index (κ2) is 8.48. The van der Waals surface area contributed by atoms with Crippen molar-refractivity contribution >= 4 is 5.97 Å². The van der Waals surface area contributed by atoms with Crippen LogP contribution in [0.15, 0.2) is 36.5 Å². The van der Waals surface area contributed by atoms with Gasteiger partial charge in [0.2, 0.25) is 0 Å². The Balaban J connectivity index is 2.36. The topological polar surface area (TPSA) is 72.2 Å². The van der Waals surface area contributed by atoms with Crippen molar-refractivity contribution in [3.8, 4) is 23.1 Å². The maximum atomic E-state index is 12.2. The second-order valence-electron chi connectivity index (χ2n) is 6.75. The van der Waals surface area contributed by atoms with E-state index in [9.17, 15) is 10.1 Å². The van der Waals surface area contributed by atoms with E-state index in [0.717, 1.165) is 6.42 Å². The van der Waals surface area contributed by atoms with Crippen molar-refractivity contribution in [1.82, 2.24) is 4.98 Å². The molecule has 0 fully saturated rings. The molecule has 26 heavy (non-hydrogen) atoms. The molecule has 0 aliphatic carbocycles. The third-order valence-corrected chi connectivity index (χ3v) is 4.25. The van der Waals surface area contributed by atoms with E-state index < -0.39 is 5.97 Å². The molecule has 0 atom stereocenters. The lowest BCUT2D eigenvalue weighted by molar-refractivity contribution is 0.0527. The number of carbonyl (C=O) groups excluding carboxylic acids is 1. The molecular weight excluding hydrogens is 328 g/mol. The Hall–Kier alpha value is -2.87. The molecule has 1 aromatic heterocycles. The molecule has 136 valence electrons. The van der Waals surface area contributed by atoms with E-state index >= 15 is 0 Å². The van der Waals surface area contributed by atoms with Gasteiger partial charge in [0.25, 0.3) is 0 Å². The van der Waals surface area contributed by atoms with E-state index in [1.165, 1.54) is 0 Å². The third-order valence-electron chi connectivity index (χ3n) is 4.25. The summed E-state index contributed by atoms with van der Waals surface area (Å²) in [6, 6.07) is 10.8. The summed E-state index contributed by atoms with van der Waals surface area (Å²) in [6.45, 7) is 8.91. The molecular formula is C21H24N2O3. The molecule has 0 saturated heterocycles. The Morgan fingerprint density at radius 3 is 2.69 bits per heavy atom. The molecule has 2 aromatic rings. The van der Waals surface area contributed by atoms with Crippen LogP contribution < -0.4 is 4.74 Å². The van der Waals surface area contributed by atoms with Crippen molar-refractivity contribution in [3.63, 3.8) is 0 Å². The molecule has 0 radical (unpaired) electrons. The summed E-state index contributed by atoms with van der Waals surface area (Å²) in [7, 11) is 0. The van der Waals surface area contributed by atoms with Gasteiger partial charge in [0.05, 0.1) is 30.0 Å². The first kappa shape index (κ1) is 19.5. The molecule has 0 aliphatic rings. The Kier molecular flexibility index (Phi) is 6.35. The van der Waals surface area contributed by atoms with Crippen LogP contribution in [0.2, 0.25) is 0 Å². The summed E-state index contributed by atoms with van der Waals surface area (Å²) in [5.41, 5.74) is 1.98. The normalized spacial score (nSPS) is 10.9. The minimum atomic E-state index is -0.431. The molecule has 5 heteroatoms. The fourth-order valence-corrected chi connectivity index (χ4v) is 2.27. The van der Waals surface area contributed by atoms with Crippen LogP contribution in [0.4, 0.5) is 0 Å². The van der Waals surface area contributed by atoms with Crippen molar-refractivity contribution in [2.75, 3.05) is 13.2 Å². The van der Waals surface area contributed by atoms with Crippen LogP contribution in [-0.4, -0.2) is 24.2 Å². The number of benzene rings is 1. The molecule has 0 unspecified atom stereocenters. The number of ether oxygens (including phenoxy) is 2. The quantitative estimate of drug-likeness (QED) is 0.680. The number of aromatic nitrogens is 1. The minimum Gasteiger partial charge on any atom is -0.492 e. The SMILES string of the molecule is CCOC(=O)c1cccnc1-c1ccc(OCC(C)(C)CC)c(C#N)c1. The molecule has 0 saturated carbocycles. The van der Waals surface area contributed by atoms with Gasteiger partial charge in [0.15, 0.2) is 0 Å². The average Bonchev–Trinajstić information content (AvgIpc) is 2.66. The molecule has 0 bridgehead atoms. The number of hydrogen-bond acceptors (Lipinski definition) is 5. The summed E-state index contributed by atoms with van der Waals surface area (Å²) in [4.78, 5) is 16.5. The highest BCUT2D eigenvalue weighted by Gasteiger charge is 2.19. The van der Waals surface area contributed by atoms with Gasteiger partial charge in [-0.2, -0.15) is 5.26 Å². The molecule has 1 heterocycles. The Morgan fingerprint density at radius 2 is 2.04 bits per heavy atom. The lowest BCUT2D eigenvalue weighted by atomic mass is 9.92. The number of pyridine rings is 1. The van der Waals surface area contributed by atoms with Crippen LogP contribution in [-0.2, 0) is 4.74 Å². The lowest BCUT2D eigenvalue weighted by Crippen LogP contribution is -2.20. The minimum absolute atomic E-state index is 0.0312. The zero-order chi connectivity index (χ0) is 19.2. The smallest absolute Gasteiger partial charge is 0.340 e. The molecule has 0 spiro atoms. The predicted octanol–water partition coefficient (Wildman–Crippen LogP) is 4.61. The number of nitriles is 1. The largest absolute Gasteiger partial charge is 0.492 e. The van der Waals surface area contributed by atoms with E-state index in [4.69, 9.17) is 9.47 Å². The Labute approximate surface area is 154 Å². The van der Waals surface area contributed by atoms with Crippen LogP contribution in [0.3, 0.4) is 0 Å². The molecule has 2 rings (SSSR count). The maximum Gasteiger partial charge on any atom is 0.340 e. The van der Waals surface area contributed by atoms with E-state index in [1.807, 2.05) is 0 Å². The van der Waals surface area contributed by atoms with Gasteiger partial charge < -0.3 is 9.47 Å². The van der Waals surface area contributed by atoms with Crippen molar-refractivity contribution < 1.29 is 14.3 Å². The lowest BCUT2D eigenvalue weighted by Gasteiger charge is -2.23. The maximum absolute atomic E-state index is 12.2. The average molecular weight is 352 g/mol. The first-order valence-electron chi connectivity index (χ1n) is 8.71. The van der Waals surface area contributed by atoms with Crippen LogP contribution in [0.1, 0.15) is 50.0 Å². The van der Waals surface area contributed by atoms with Gasteiger partial charge in [-0.15, -0.1) is 0 Å². The molecule has 1 aromatic carbocycles. The fraction of sp³-hybridized carbons (Fsp3) is 0.381. The summed E-state index contributed by atoms with van der Waals surface area (Å²) in [5.74, 6) is 0.102. The van der Waals surface area contributed by atoms with Crippen molar-refractivity contribution in [3.05, 3.63) is 47.7 Å². The Morgan fingerprint density at radius 1 is 1.27 bits per heavy atom. The summed E-state index contributed by atoms with van der Waals surface area (Å²) < 4.78 is 10.9. The van der Waals surface area contributed by atoms with Gasteiger partial charge in [-0.1, -0.05) is 20.8 Å². The number of carbonyl (C=O) groups is 1. The van der Waals surface area contributed by atoms with E-state index in [0.29, 0.717) is 34.7 Å². The van der Waals surface area contributed by atoms with Crippen LogP contribution in [0.5, 0.6) is 5.75 Å². The highest BCUT2D eigenvalue weighted by atomic mass is 16.5. The monoisotopic (exact) mass is 352 g/mol. The van der Waals surface area contributed by atoms with E-state index in [-0.39, 0.29) is 12.0 Å². The highest BCUT2D eigenvalue weighted by molar-refractivity contribution is 5.96. The van der Waals surface area contributed by atoms with Gasteiger partial charge >= 0.3 is 5.97 Å². The molecule has 0 amide bonds. The second-order valence-corrected chi connectivity index (χ2v) is 6.75. The zero-order valence-corrected chi connectivity index (χ0v) is 15.7. The van der Waals surface area contributed by atoms with Crippen LogP contribution in [0.25, 0.3) is 11.3 Å². The van der Waals surface area contributed by atoms with Gasteiger partial charge in [-0.05, 0) is 49.1 Å². The van der Waals surface area contributed by atoms with Gasteiger partial charge in [0, 0.05) is 11.8 Å². The zero-order valence-electron chi connectivity index (χ0n) is 15.7. The summed E-state index contributed by atoms with van der Waals surface area (Å²) in [6.07, 6.45) is 2.59. The first-order chi connectivity index (χ1) is 12.4.